The third-order valence-electron chi connectivity index (χ3n) is 8.76. The second-order valence-electron chi connectivity index (χ2n) is 13.7. The summed E-state index contributed by atoms with van der Waals surface area (Å²) in [4.78, 5) is 0. The first kappa shape index (κ1) is 37.3. The van der Waals surface area contributed by atoms with Crippen molar-refractivity contribution in [2.75, 3.05) is 0 Å². The molecule has 0 spiro atoms. The maximum atomic E-state index is 5.81. The molecule has 0 saturated carbocycles. The molecule has 1 heterocycles. The summed E-state index contributed by atoms with van der Waals surface area (Å²) < 4.78 is 5.81. The quantitative estimate of drug-likeness (QED) is 0.129. The van der Waals surface area contributed by atoms with Crippen LogP contribution in [0.5, 0.6) is 0 Å². The van der Waals surface area contributed by atoms with E-state index in [-0.39, 0.29) is 5.43 Å². The van der Waals surface area contributed by atoms with Crippen LogP contribution in [0.25, 0.3) is 55.1 Å². The van der Waals surface area contributed by atoms with Crippen LogP contribution in [0.1, 0.15) is 44.7 Å². The van der Waals surface area contributed by atoms with Gasteiger partial charge in [0.25, 0.3) is 0 Å². The van der Waals surface area contributed by atoms with Crippen LogP contribution in [0.2, 0.25) is 13.1 Å². The van der Waals surface area contributed by atoms with Crippen LogP contribution < -0.4 is 0 Å². The zero-order valence-corrected chi connectivity index (χ0v) is 35.4. The fourth-order valence-corrected chi connectivity index (χ4v) is 6.67. The second-order valence-corrected chi connectivity index (χ2v) is 36.7. The molecule has 0 saturated heterocycles. The van der Waals surface area contributed by atoms with Gasteiger partial charge < -0.3 is 4.42 Å². The fraction of sp³-hybridized carbons (Fsp3) is 0.227. The van der Waals surface area contributed by atoms with Crippen LogP contribution >= 0.6 is 17.0 Å². The molecule has 0 bridgehead atoms. The number of halogens is 2. The summed E-state index contributed by atoms with van der Waals surface area (Å²) in [5, 5.41) is 5.28. The fourth-order valence-electron chi connectivity index (χ4n) is 6.67. The number of fused-ring (bicyclic) bond motifs is 2. The Balaban J connectivity index is 0.000000168. The van der Waals surface area contributed by atoms with Gasteiger partial charge in [-0.05, 0) is 77.3 Å². The molecule has 0 aliphatic heterocycles. The van der Waals surface area contributed by atoms with E-state index >= 15 is 0 Å². The molecule has 252 valence electrons. The molecule has 0 radical (unpaired) electrons. The molecule has 49 heavy (non-hydrogen) atoms. The van der Waals surface area contributed by atoms with Crippen LogP contribution in [0.3, 0.4) is 0 Å². The minimum Gasteiger partial charge on any atom is -0.496 e. The minimum atomic E-state index is -1.65. The molecule has 0 atom stereocenters. The predicted octanol–water partition coefficient (Wildman–Crippen LogP) is 14.3. The Kier molecular flexibility index (Phi) is 12.1. The SMILES string of the molecule is C[Si](C)=[Zr]([Cl])[Cl].Cc1cc(C)cc(-c2c(C)ccc3[cH-]c(-c4ccc(C)o4)cc23)c1.Cc1cc(C)cc(-c2c(C)ccc3[cH-]c(C)cc23)c1. The first-order valence-electron chi connectivity index (χ1n) is 16.8. The Morgan fingerprint density at radius 3 is 1.43 bits per heavy atom. The molecule has 1 aromatic heterocycles. The first-order chi connectivity index (χ1) is 23.2. The largest absolute Gasteiger partial charge is 0.496 e. The van der Waals surface area contributed by atoms with Crippen molar-refractivity contribution in [3.05, 3.63) is 142 Å². The van der Waals surface area contributed by atoms with Crippen LogP contribution in [-0.2, 0) is 18.0 Å². The van der Waals surface area contributed by atoms with Crippen LogP contribution in [0.4, 0.5) is 0 Å². The van der Waals surface area contributed by atoms with Gasteiger partial charge in [0.2, 0.25) is 0 Å². The standard InChI is InChI=1S/C23H21O.C19H19.C2H6Si.2ClH.Zr/c1-14-9-15(2)11-20(10-14)23-16(3)5-7-18-12-19(13-21(18)23)22-8-6-17(4)24-22;1-12-7-13(2)10-17(9-12)19-15(4)5-6-16-8-14(3)11-18(16)19;1-3-2;;;/h5-13H,1-4H3;5-11H,1-4H3;1-2H3;2*1H;/q2*-1;;;;+2/p-2. The van der Waals surface area contributed by atoms with E-state index in [4.69, 9.17) is 21.4 Å². The monoisotopic (exact) mass is 778 g/mol. The van der Waals surface area contributed by atoms with Gasteiger partial charge in [-0.15, -0.1) is 63.5 Å². The van der Waals surface area contributed by atoms with Crippen molar-refractivity contribution in [3.8, 4) is 33.6 Å². The number of furan rings is 1. The molecule has 0 amide bonds. The Morgan fingerprint density at radius 2 is 1.00 bits per heavy atom. The normalized spacial score (nSPS) is 10.9. The van der Waals surface area contributed by atoms with Crippen molar-refractivity contribution < 1.29 is 22.4 Å². The molecule has 0 aliphatic carbocycles. The molecule has 1 nitrogen and oxygen atoms in total. The molecule has 5 heteroatoms. The van der Waals surface area contributed by atoms with Gasteiger partial charge in [-0.3, -0.25) is 0 Å². The van der Waals surface area contributed by atoms with E-state index in [1.807, 2.05) is 19.1 Å². The van der Waals surface area contributed by atoms with Crippen molar-refractivity contribution >= 4 is 44.0 Å². The average molecular weight is 781 g/mol. The summed E-state index contributed by atoms with van der Waals surface area (Å²) in [7, 11) is 11.2. The molecule has 0 N–H and O–H groups in total. The topological polar surface area (TPSA) is 13.1 Å². The van der Waals surface area contributed by atoms with Gasteiger partial charge in [-0.2, -0.15) is 6.07 Å². The van der Waals surface area contributed by atoms with Gasteiger partial charge in [0.05, 0.1) is 11.5 Å². The van der Waals surface area contributed by atoms with E-state index in [9.17, 15) is 0 Å². The van der Waals surface area contributed by atoms with Gasteiger partial charge in [-0.1, -0.05) is 93.9 Å². The van der Waals surface area contributed by atoms with E-state index in [0.29, 0.717) is 0 Å². The maximum absolute atomic E-state index is 5.81. The van der Waals surface area contributed by atoms with Gasteiger partial charge in [0.15, 0.2) is 0 Å². The van der Waals surface area contributed by atoms with E-state index in [0.717, 1.165) is 17.1 Å². The Hall–Kier alpha value is -2.94. The van der Waals surface area contributed by atoms with Crippen LogP contribution in [0, 0.1) is 55.4 Å². The summed E-state index contributed by atoms with van der Waals surface area (Å²) in [6.07, 6.45) is 0. The summed E-state index contributed by atoms with van der Waals surface area (Å²) in [5.74, 6) is 1.88. The molecule has 7 aromatic rings. The molecule has 0 aliphatic rings. The third kappa shape index (κ3) is 9.05. The third-order valence-corrected chi connectivity index (χ3v) is 28.5. The van der Waals surface area contributed by atoms with E-state index in [2.05, 4.69) is 146 Å². The smallest absolute Gasteiger partial charge is 0.0896 e. The van der Waals surface area contributed by atoms with E-state index in [1.165, 1.54) is 82.7 Å². The molecule has 7 rings (SSSR count). The van der Waals surface area contributed by atoms with E-state index < -0.39 is 18.0 Å². The van der Waals surface area contributed by atoms with Gasteiger partial charge >= 0.3 is 53.5 Å². The average Bonchev–Trinajstić information content (AvgIpc) is 3.74. The Bertz CT molecular complexity index is 2250. The van der Waals surface area contributed by atoms with Crippen molar-refractivity contribution in [1.29, 1.82) is 0 Å². The number of rotatable bonds is 3. The summed E-state index contributed by atoms with van der Waals surface area (Å²) in [6.45, 7) is 21.5. The molecule has 0 unspecified atom stereocenters. The number of hydrogen-bond donors (Lipinski definition) is 0. The van der Waals surface area contributed by atoms with Crippen LogP contribution in [-0.4, -0.2) is 5.43 Å². The van der Waals surface area contributed by atoms with Crippen molar-refractivity contribution in [2.45, 2.75) is 68.5 Å². The number of aryl methyl sites for hydroxylation is 8. The first-order valence-corrected chi connectivity index (χ1v) is 29.3. The predicted molar refractivity (Wildman–Crippen MR) is 215 cm³/mol. The van der Waals surface area contributed by atoms with Crippen LogP contribution in [0.15, 0.2) is 101 Å². The molecular weight excluding hydrogens is 735 g/mol. The minimum absolute atomic E-state index is 0.224. The summed E-state index contributed by atoms with van der Waals surface area (Å²) in [6, 6.07) is 35.6. The number of benzene rings is 4. The maximum Gasteiger partial charge on any atom is 0.0896 e. The zero-order valence-electron chi connectivity index (χ0n) is 30.4. The zero-order chi connectivity index (χ0) is 35.6. The molecule has 0 fully saturated rings. The number of hydrogen-bond acceptors (Lipinski definition) is 1. The summed E-state index contributed by atoms with van der Waals surface area (Å²) in [5.41, 5.74) is 15.5. The van der Waals surface area contributed by atoms with Gasteiger partial charge in [-0.25, -0.2) is 0 Å². The Labute approximate surface area is 307 Å². The van der Waals surface area contributed by atoms with Crippen molar-refractivity contribution in [2.24, 2.45) is 0 Å². The van der Waals surface area contributed by atoms with Crippen molar-refractivity contribution in [1.82, 2.24) is 0 Å². The van der Waals surface area contributed by atoms with E-state index in [1.54, 1.807) is 0 Å². The van der Waals surface area contributed by atoms with Gasteiger partial charge in [0, 0.05) is 0 Å². The molecule has 6 aromatic carbocycles. The molecular formula is C44H46Cl2OSiZr-2. The Morgan fingerprint density at radius 1 is 0.551 bits per heavy atom. The van der Waals surface area contributed by atoms with Gasteiger partial charge in [0.1, 0.15) is 0 Å². The summed E-state index contributed by atoms with van der Waals surface area (Å²) >= 11 is -1.65. The second kappa shape index (κ2) is 15.9. The van der Waals surface area contributed by atoms with Crippen molar-refractivity contribution in [3.63, 3.8) is 0 Å².